The summed E-state index contributed by atoms with van der Waals surface area (Å²) in [5, 5.41) is 5.67. The van der Waals surface area contributed by atoms with E-state index >= 15 is 0 Å². The molecule has 3 aliphatic rings. The van der Waals surface area contributed by atoms with Gasteiger partial charge in [-0.15, -0.1) is 0 Å². The van der Waals surface area contributed by atoms with Gasteiger partial charge in [0, 0.05) is 24.3 Å². The fraction of sp³-hybridized carbons (Fsp3) is 0.333. The number of carbonyl (C=O) groups is 3. The molecule has 11 heteroatoms. The largest absolute Gasteiger partial charge is 0.486 e. The molecule has 0 spiro atoms. The molecule has 3 heterocycles. The molecule has 3 aromatic rings. The zero-order chi connectivity index (χ0) is 26.4. The van der Waals surface area contributed by atoms with Crippen molar-refractivity contribution in [3.8, 4) is 11.5 Å². The van der Waals surface area contributed by atoms with Gasteiger partial charge in [0.1, 0.15) is 30.3 Å². The lowest BCUT2D eigenvalue weighted by Gasteiger charge is -2.44. The average Bonchev–Trinajstić information content (AvgIpc) is 3.65. The van der Waals surface area contributed by atoms with Gasteiger partial charge in [-0.3, -0.25) is 14.4 Å². The highest BCUT2D eigenvalue weighted by atomic mass is 19.1. The van der Waals surface area contributed by atoms with E-state index in [-0.39, 0.29) is 42.2 Å². The first kappa shape index (κ1) is 24.0. The summed E-state index contributed by atoms with van der Waals surface area (Å²) in [4.78, 5) is 46.3. The molecule has 2 aromatic carbocycles. The summed E-state index contributed by atoms with van der Waals surface area (Å²) in [6, 6.07) is 10.8. The van der Waals surface area contributed by atoms with Crippen LogP contribution >= 0.6 is 0 Å². The second-order valence-corrected chi connectivity index (χ2v) is 9.87. The Bertz CT molecular complexity index is 1430. The van der Waals surface area contributed by atoms with Gasteiger partial charge in [-0.25, -0.2) is 9.37 Å². The zero-order valence-electron chi connectivity index (χ0n) is 20.7. The maximum atomic E-state index is 13.8. The van der Waals surface area contributed by atoms with Gasteiger partial charge in [-0.1, -0.05) is 12.1 Å². The number of anilines is 1. The molecule has 1 fully saturated rings. The first-order chi connectivity index (χ1) is 18.3. The van der Waals surface area contributed by atoms with Gasteiger partial charge in [0.05, 0.1) is 12.9 Å². The summed E-state index contributed by atoms with van der Waals surface area (Å²) in [6.07, 6.45) is 2.97. The summed E-state index contributed by atoms with van der Waals surface area (Å²) < 4.78 is 25.9. The molecular weight excluding hydrogens is 493 g/mol. The van der Waals surface area contributed by atoms with Crippen molar-refractivity contribution in [1.29, 1.82) is 0 Å². The van der Waals surface area contributed by atoms with Gasteiger partial charge >= 0.3 is 0 Å². The smallest absolute Gasteiger partial charge is 0.276 e. The predicted molar refractivity (Wildman–Crippen MR) is 133 cm³/mol. The van der Waals surface area contributed by atoms with Crippen molar-refractivity contribution in [2.24, 2.45) is 0 Å². The number of nitrogens with zero attached hydrogens (tertiary/aromatic N) is 3. The molecule has 1 saturated carbocycles. The van der Waals surface area contributed by atoms with Crippen LogP contribution in [0.5, 0.6) is 11.5 Å². The third-order valence-corrected chi connectivity index (χ3v) is 7.05. The fourth-order valence-electron chi connectivity index (χ4n) is 5.01. The topological polar surface area (TPSA) is 115 Å². The van der Waals surface area contributed by atoms with Gasteiger partial charge in [-0.2, -0.15) is 0 Å². The number of carbonyl (C=O) groups excluding carboxylic acids is 3. The van der Waals surface area contributed by atoms with Gasteiger partial charge < -0.3 is 29.6 Å². The Balaban J connectivity index is 1.24. The van der Waals surface area contributed by atoms with E-state index in [2.05, 4.69) is 15.6 Å². The van der Waals surface area contributed by atoms with Crippen LogP contribution in [-0.2, 0) is 17.9 Å². The Hall–Kier alpha value is -4.41. The SMILES string of the molecule is C[C@]1(C(=O)NCc2ccc(F)cc2)Cn2cnc(C(=O)Nc3ccc4c(c3)OCCO4)c2C(=O)N1C1CC1. The van der Waals surface area contributed by atoms with E-state index in [1.54, 1.807) is 46.7 Å². The molecule has 196 valence electrons. The Kier molecular flexibility index (Phi) is 5.77. The highest BCUT2D eigenvalue weighted by Crippen LogP contribution is 2.39. The number of amides is 3. The van der Waals surface area contributed by atoms with Crippen molar-refractivity contribution in [3.05, 3.63) is 71.6 Å². The number of halogens is 1. The van der Waals surface area contributed by atoms with Gasteiger partial charge in [0.2, 0.25) is 5.91 Å². The van der Waals surface area contributed by atoms with Gasteiger partial charge in [0.25, 0.3) is 11.8 Å². The Labute approximate surface area is 217 Å². The van der Waals surface area contributed by atoms with Crippen molar-refractivity contribution in [3.63, 3.8) is 0 Å². The third kappa shape index (κ3) is 4.23. The number of benzene rings is 2. The van der Waals surface area contributed by atoms with Crippen LogP contribution in [0.2, 0.25) is 0 Å². The maximum absolute atomic E-state index is 13.8. The van der Waals surface area contributed by atoms with Crippen LogP contribution in [0.15, 0.2) is 48.8 Å². The van der Waals surface area contributed by atoms with Crippen LogP contribution in [-0.4, -0.2) is 57.0 Å². The minimum absolute atomic E-state index is 0.00990. The number of nitrogens with one attached hydrogen (secondary N) is 2. The summed E-state index contributed by atoms with van der Waals surface area (Å²) >= 11 is 0. The quantitative estimate of drug-likeness (QED) is 0.518. The van der Waals surface area contributed by atoms with E-state index in [1.807, 2.05) is 0 Å². The molecule has 2 N–H and O–H groups in total. The normalized spacial score (nSPS) is 20.1. The summed E-state index contributed by atoms with van der Waals surface area (Å²) in [6.45, 7) is 2.94. The second-order valence-electron chi connectivity index (χ2n) is 9.87. The molecule has 6 rings (SSSR count). The van der Waals surface area contributed by atoms with Crippen LogP contribution in [0.25, 0.3) is 0 Å². The van der Waals surface area contributed by atoms with E-state index in [0.29, 0.717) is 30.4 Å². The molecule has 2 aliphatic heterocycles. The molecule has 0 bridgehead atoms. The van der Waals surface area contributed by atoms with Crippen molar-refractivity contribution < 1.29 is 28.2 Å². The van der Waals surface area contributed by atoms with E-state index in [9.17, 15) is 18.8 Å². The van der Waals surface area contributed by atoms with Gasteiger partial charge in [-0.05, 0) is 49.6 Å². The fourth-order valence-corrected chi connectivity index (χ4v) is 5.01. The molecule has 1 atom stereocenters. The van der Waals surface area contributed by atoms with Crippen molar-refractivity contribution in [1.82, 2.24) is 19.8 Å². The molecule has 3 amide bonds. The number of ether oxygens (including phenoxy) is 2. The first-order valence-electron chi connectivity index (χ1n) is 12.5. The van der Waals surface area contributed by atoms with Gasteiger partial charge in [0.15, 0.2) is 17.2 Å². The summed E-state index contributed by atoms with van der Waals surface area (Å²) in [5.74, 6) is -0.512. The lowest BCUT2D eigenvalue weighted by molar-refractivity contribution is -0.133. The second kappa shape index (κ2) is 9.16. The zero-order valence-corrected chi connectivity index (χ0v) is 20.7. The van der Waals surface area contributed by atoms with E-state index in [0.717, 1.165) is 18.4 Å². The predicted octanol–water partition coefficient (Wildman–Crippen LogP) is 2.74. The molecular formula is C27H26FN5O5. The number of aromatic nitrogens is 2. The molecule has 0 unspecified atom stereocenters. The van der Waals surface area contributed by atoms with Crippen LogP contribution in [0.4, 0.5) is 10.1 Å². The van der Waals surface area contributed by atoms with Crippen LogP contribution in [0.3, 0.4) is 0 Å². The summed E-state index contributed by atoms with van der Waals surface area (Å²) in [7, 11) is 0. The van der Waals surface area contributed by atoms with Crippen molar-refractivity contribution >= 4 is 23.4 Å². The van der Waals surface area contributed by atoms with E-state index < -0.39 is 17.4 Å². The number of hydrogen-bond acceptors (Lipinski definition) is 6. The van der Waals surface area contributed by atoms with Crippen LogP contribution in [0.1, 0.15) is 46.3 Å². The molecule has 38 heavy (non-hydrogen) atoms. The Morgan fingerprint density at radius 1 is 1.11 bits per heavy atom. The van der Waals surface area contributed by atoms with E-state index in [4.69, 9.17) is 9.47 Å². The molecule has 10 nitrogen and oxygen atoms in total. The standard InChI is InChI=1S/C27H26FN5O5/c1-27(26(36)29-13-16-2-4-17(28)5-3-16)14-32-15-30-22(23(32)25(35)33(27)19-7-8-19)24(34)31-18-6-9-20-21(12-18)38-11-10-37-20/h2-6,9,12,15,19H,7-8,10-11,13-14H2,1H3,(H,29,36)(H,31,34)/t27-/m1/s1. The third-order valence-electron chi connectivity index (χ3n) is 7.05. The lowest BCUT2D eigenvalue weighted by Crippen LogP contribution is -2.64. The van der Waals surface area contributed by atoms with Crippen molar-refractivity contribution in [2.45, 2.75) is 44.4 Å². The molecule has 1 aromatic heterocycles. The number of imidazole rings is 1. The minimum atomic E-state index is -1.18. The minimum Gasteiger partial charge on any atom is -0.486 e. The monoisotopic (exact) mass is 519 g/mol. The number of fused-ring (bicyclic) bond motifs is 2. The highest BCUT2D eigenvalue weighted by Gasteiger charge is 2.53. The highest BCUT2D eigenvalue weighted by molar-refractivity contribution is 6.11. The van der Waals surface area contributed by atoms with Crippen LogP contribution in [0, 0.1) is 5.82 Å². The van der Waals surface area contributed by atoms with Crippen molar-refractivity contribution in [2.75, 3.05) is 18.5 Å². The van der Waals surface area contributed by atoms with Crippen LogP contribution < -0.4 is 20.1 Å². The van der Waals surface area contributed by atoms with E-state index in [1.165, 1.54) is 18.5 Å². The Morgan fingerprint density at radius 2 is 1.84 bits per heavy atom. The number of hydrogen-bond donors (Lipinski definition) is 2. The molecule has 1 aliphatic carbocycles. The average molecular weight is 520 g/mol. The maximum Gasteiger partial charge on any atom is 0.276 e. The number of rotatable bonds is 6. The lowest BCUT2D eigenvalue weighted by atomic mass is 9.93. The molecule has 0 radical (unpaired) electrons. The summed E-state index contributed by atoms with van der Waals surface area (Å²) in [5.41, 5.74) is 0.175. The Morgan fingerprint density at radius 3 is 2.58 bits per heavy atom. The first-order valence-corrected chi connectivity index (χ1v) is 12.5. The molecule has 0 saturated heterocycles.